The SMILES string of the molecule is N#C/C=C(\N)N1CC[NH+](Cc2ccccc2)CC1. The average molecular weight is 243 g/mol. The molecular formula is C14H19N4+. The normalized spacial score (nSPS) is 17.5. The average Bonchev–Trinajstić information content (AvgIpc) is 2.41. The Morgan fingerprint density at radius 2 is 2.00 bits per heavy atom. The van der Waals surface area contributed by atoms with E-state index in [-0.39, 0.29) is 0 Å². The third-order valence-electron chi connectivity index (χ3n) is 3.35. The van der Waals surface area contributed by atoms with E-state index in [1.54, 1.807) is 4.90 Å². The van der Waals surface area contributed by atoms with Crippen LogP contribution in [0, 0.1) is 11.3 Å². The number of nitrogens with two attached hydrogens (primary N) is 1. The van der Waals surface area contributed by atoms with Crippen LogP contribution in [0.2, 0.25) is 0 Å². The van der Waals surface area contributed by atoms with E-state index in [1.165, 1.54) is 11.6 Å². The standard InChI is InChI=1S/C14H18N4/c15-7-6-14(16)18-10-8-17(9-11-18)12-13-4-2-1-3-5-13/h1-6H,8-12,16H2/p+1/b14-6+. The van der Waals surface area contributed by atoms with E-state index in [2.05, 4.69) is 29.2 Å². The minimum atomic E-state index is 0.594. The summed E-state index contributed by atoms with van der Waals surface area (Å²) in [5.74, 6) is 0.594. The number of allylic oxidation sites excluding steroid dienone is 1. The van der Waals surface area contributed by atoms with Crippen molar-refractivity contribution in [2.45, 2.75) is 6.54 Å². The van der Waals surface area contributed by atoms with Gasteiger partial charge in [0.15, 0.2) is 0 Å². The summed E-state index contributed by atoms with van der Waals surface area (Å²) in [7, 11) is 0. The summed E-state index contributed by atoms with van der Waals surface area (Å²) in [6.07, 6.45) is 1.42. The Morgan fingerprint density at radius 1 is 1.33 bits per heavy atom. The van der Waals surface area contributed by atoms with Crippen molar-refractivity contribution in [2.75, 3.05) is 26.2 Å². The van der Waals surface area contributed by atoms with Gasteiger partial charge in [0, 0.05) is 5.56 Å². The molecule has 2 rings (SSSR count). The Balaban J connectivity index is 1.84. The highest BCUT2D eigenvalue weighted by molar-refractivity contribution is 5.13. The van der Waals surface area contributed by atoms with Crippen LogP contribution in [0.25, 0.3) is 0 Å². The molecule has 1 aromatic rings. The Morgan fingerprint density at radius 3 is 2.61 bits per heavy atom. The number of nitrogens with zero attached hydrogens (tertiary/aromatic N) is 2. The van der Waals surface area contributed by atoms with Crippen molar-refractivity contribution < 1.29 is 4.90 Å². The summed E-state index contributed by atoms with van der Waals surface area (Å²) in [5, 5.41) is 8.58. The van der Waals surface area contributed by atoms with Crippen LogP contribution in [-0.2, 0) is 6.54 Å². The Labute approximate surface area is 108 Å². The molecule has 1 aromatic carbocycles. The van der Waals surface area contributed by atoms with Crippen molar-refractivity contribution in [1.29, 1.82) is 5.26 Å². The number of rotatable bonds is 3. The van der Waals surface area contributed by atoms with Crippen LogP contribution < -0.4 is 10.6 Å². The fraction of sp³-hybridized carbons (Fsp3) is 0.357. The van der Waals surface area contributed by atoms with Crippen molar-refractivity contribution in [3.05, 3.63) is 47.8 Å². The highest BCUT2D eigenvalue weighted by Crippen LogP contribution is 1.99. The lowest BCUT2D eigenvalue weighted by atomic mass is 10.2. The number of quaternary nitrogens is 1. The fourth-order valence-corrected chi connectivity index (χ4v) is 2.30. The fourth-order valence-electron chi connectivity index (χ4n) is 2.30. The third kappa shape index (κ3) is 3.25. The number of benzene rings is 1. The molecule has 1 heterocycles. The van der Waals surface area contributed by atoms with Crippen LogP contribution in [0.4, 0.5) is 0 Å². The second kappa shape index (κ2) is 6.08. The van der Waals surface area contributed by atoms with Crippen molar-refractivity contribution in [3.63, 3.8) is 0 Å². The number of piperazine rings is 1. The lowest BCUT2D eigenvalue weighted by Crippen LogP contribution is -3.13. The molecule has 18 heavy (non-hydrogen) atoms. The van der Waals surface area contributed by atoms with Gasteiger partial charge in [-0.3, -0.25) is 0 Å². The molecule has 1 aliphatic rings. The van der Waals surface area contributed by atoms with Gasteiger partial charge in [-0.25, -0.2) is 0 Å². The molecule has 1 saturated heterocycles. The quantitative estimate of drug-likeness (QED) is 0.717. The van der Waals surface area contributed by atoms with E-state index in [1.807, 2.05) is 12.1 Å². The molecule has 0 radical (unpaired) electrons. The van der Waals surface area contributed by atoms with Crippen LogP contribution in [0.3, 0.4) is 0 Å². The van der Waals surface area contributed by atoms with Gasteiger partial charge in [0.25, 0.3) is 0 Å². The number of hydrogen-bond acceptors (Lipinski definition) is 3. The van der Waals surface area contributed by atoms with Crippen molar-refractivity contribution in [1.82, 2.24) is 4.90 Å². The summed E-state index contributed by atoms with van der Waals surface area (Å²) in [6.45, 7) is 5.04. The lowest BCUT2D eigenvalue weighted by Gasteiger charge is -2.33. The summed E-state index contributed by atoms with van der Waals surface area (Å²) in [6, 6.07) is 12.5. The van der Waals surface area contributed by atoms with E-state index in [4.69, 9.17) is 11.0 Å². The van der Waals surface area contributed by atoms with Gasteiger partial charge in [-0.15, -0.1) is 0 Å². The first kappa shape index (κ1) is 12.5. The van der Waals surface area contributed by atoms with Gasteiger partial charge in [0.2, 0.25) is 0 Å². The molecule has 0 aliphatic carbocycles. The molecule has 0 unspecified atom stereocenters. The number of nitrogens with one attached hydrogen (secondary N) is 1. The highest BCUT2D eigenvalue weighted by Gasteiger charge is 2.20. The first-order valence-corrected chi connectivity index (χ1v) is 6.27. The molecule has 94 valence electrons. The summed E-state index contributed by atoms with van der Waals surface area (Å²) < 4.78 is 0. The first-order valence-electron chi connectivity index (χ1n) is 6.27. The van der Waals surface area contributed by atoms with Crippen LogP contribution in [0.15, 0.2) is 42.2 Å². The smallest absolute Gasteiger partial charge is 0.110 e. The zero-order chi connectivity index (χ0) is 12.8. The van der Waals surface area contributed by atoms with E-state index in [0.29, 0.717) is 5.82 Å². The van der Waals surface area contributed by atoms with Crippen molar-refractivity contribution in [2.24, 2.45) is 5.73 Å². The minimum Gasteiger partial charge on any atom is -0.385 e. The van der Waals surface area contributed by atoms with Crippen molar-refractivity contribution in [3.8, 4) is 6.07 Å². The lowest BCUT2D eigenvalue weighted by molar-refractivity contribution is -0.917. The predicted molar refractivity (Wildman–Crippen MR) is 70.3 cm³/mol. The van der Waals surface area contributed by atoms with Crippen LogP contribution in [0.1, 0.15) is 5.56 Å². The summed E-state index contributed by atoms with van der Waals surface area (Å²) in [4.78, 5) is 3.65. The molecule has 0 atom stereocenters. The Bertz CT molecular complexity index is 439. The monoisotopic (exact) mass is 243 g/mol. The highest BCUT2D eigenvalue weighted by atomic mass is 15.3. The molecule has 4 nitrogen and oxygen atoms in total. The number of hydrogen-bond donors (Lipinski definition) is 2. The summed E-state index contributed by atoms with van der Waals surface area (Å²) >= 11 is 0. The largest absolute Gasteiger partial charge is 0.385 e. The Kier molecular flexibility index (Phi) is 4.21. The van der Waals surface area contributed by atoms with Gasteiger partial charge in [-0.2, -0.15) is 5.26 Å². The van der Waals surface area contributed by atoms with Crippen molar-refractivity contribution >= 4 is 0 Å². The van der Waals surface area contributed by atoms with Gasteiger partial charge < -0.3 is 15.5 Å². The Hall–Kier alpha value is -1.99. The zero-order valence-corrected chi connectivity index (χ0v) is 10.5. The van der Waals surface area contributed by atoms with Gasteiger partial charge in [0.05, 0.1) is 38.3 Å². The van der Waals surface area contributed by atoms with Gasteiger partial charge >= 0.3 is 0 Å². The maximum Gasteiger partial charge on any atom is 0.110 e. The van der Waals surface area contributed by atoms with Gasteiger partial charge in [0.1, 0.15) is 12.4 Å². The van der Waals surface area contributed by atoms with E-state index >= 15 is 0 Å². The molecule has 4 heteroatoms. The maximum atomic E-state index is 8.58. The molecule has 3 N–H and O–H groups in total. The molecule has 0 bridgehead atoms. The minimum absolute atomic E-state index is 0.594. The van der Waals surface area contributed by atoms with Crippen LogP contribution in [-0.4, -0.2) is 31.1 Å². The third-order valence-corrected chi connectivity index (χ3v) is 3.35. The second-order valence-electron chi connectivity index (χ2n) is 4.60. The maximum absolute atomic E-state index is 8.58. The predicted octanol–water partition coefficient (Wildman–Crippen LogP) is -0.289. The van der Waals surface area contributed by atoms with Gasteiger partial charge in [-0.1, -0.05) is 30.3 Å². The molecule has 0 spiro atoms. The molecule has 0 aromatic heterocycles. The topological polar surface area (TPSA) is 57.5 Å². The van der Waals surface area contributed by atoms with Gasteiger partial charge in [-0.05, 0) is 0 Å². The molecule has 1 fully saturated rings. The van der Waals surface area contributed by atoms with E-state index in [9.17, 15) is 0 Å². The van der Waals surface area contributed by atoms with E-state index in [0.717, 1.165) is 32.7 Å². The summed E-state index contributed by atoms with van der Waals surface area (Å²) in [5.41, 5.74) is 7.19. The van der Waals surface area contributed by atoms with Crippen LogP contribution >= 0.6 is 0 Å². The number of nitriles is 1. The van der Waals surface area contributed by atoms with Crippen LogP contribution in [0.5, 0.6) is 0 Å². The molecular weight excluding hydrogens is 224 g/mol. The first-order chi connectivity index (χ1) is 8.79. The molecule has 1 aliphatic heterocycles. The van der Waals surface area contributed by atoms with E-state index < -0.39 is 0 Å². The molecule has 0 saturated carbocycles. The zero-order valence-electron chi connectivity index (χ0n) is 10.5. The second-order valence-corrected chi connectivity index (χ2v) is 4.60. The molecule has 0 amide bonds.